The fraction of sp³-hybridized carbons (Fsp3) is 0.875. The van der Waals surface area contributed by atoms with Crippen LogP contribution in [0.5, 0.6) is 0 Å². The quantitative estimate of drug-likeness (QED) is 0.669. The summed E-state index contributed by atoms with van der Waals surface area (Å²) in [5, 5.41) is 0. The summed E-state index contributed by atoms with van der Waals surface area (Å²) < 4.78 is 6.49. The van der Waals surface area contributed by atoms with Crippen LogP contribution < -0.4 is 0 Å². The summed E-state index contributed by atoms with van der Waals surface area (Å²) in [5.41, 5.74) is 0.335. The van der Waals surface area contributed by atoms with Gasteiger partial charge in [-0.2, -0.15) is 0 Å². The molecule has 3 atom stereocenters. The molecule has 0 spiro atoms. The Hall–Kier alpha value is 0.0500. The highest BCUT2D eigenvalue weighted by molar-refractivity contribution is 7.99. The van der Waals surface area contributed by atoms with E-state index in [1.165, 1.54) is 0 Å². The molecule has 1 rings (SSSR count). The first kappa shape index (κ1) is 16.1. The van der Waals surface area contributed by atoms with E-state index in [1.54, 1.807) is 0 Å². The Bertz CT molecular complexity index is 258. The number of rotatable bonds is 3. The molecule has 106 valence electrons. The zero-order valence-corrected chi connectivity index (χ0v) is 13.7. The lowest BCUT2D eigenvalue weighted by Gasteiger charge is -2.35. The van der Waals surface area contributed by atoms with Crippen molar-refractivity contribution in [1.82, 2.24) is 0 Å². The third-order valence-corrected chi connectivity index (χ3v) is 5.07. The summed E-state index contributed by atoms with van der Waals surface area (Å²) in [6.07, 6.45) is 6.22. The number of allylic oxidation sites excluding steroid dienone is 1. The molecule has 18 heavy (non-hydrogen) atoms. The zero-order valence-electron chi connectivity index (χ0n) is 12.8. The van der Waals surface area contributed by atoms with Crippen LogP contribution in [0.1, 0.15) is 48.0 Å². The Morgan fingerprint density at radius 2 is 1.61 bits per heavy atom. The molecule has 0 saturated heterocycles. The highest BCUT2D eigenvalue weighted by atomic mass is 32.2. The fourth-order valence-corrected chi connectivity index (χ4v) is 3.58. The normalized spacial score (nSPS) is 32.4. The van der Waals surface area contributed by atoms with Gasteiger partial charge in [-0.05, 0) is 30.1 Å². The molecule has 0 aliphatic carbocycles. The van der Waals surface area contributed by atoms with Crippen LogP contribution in [-0.4, -0.2) is 17.3 Å². The minimum Gasteiger partial charge on any atom is -0.364 e. The highest BCUT2D eigenvalue weighted by Gasteiger charge is 2.31. The van der Waals surface area contributed by atoms with Crippen LogP contribution in [0, 0.1) is 23.7 Å². The van der Waals surface area contributed by atoms with Crippen LogP contribution in [0.3, 0.4) is 0 Å². The van der Waals surface area contributed by atoms with Crippen molar-refractivity contribution in [3.63, 3.8) is 0 Å². The minimum atomic E-state index is 0.335. The second-order valence-corrected chi connectivity index (χ2v) is 7.54. The summed E-state index contributed by atoms with van der Waals surface area (Å²) in [5.74, 6) is 3.57. The maximum absolute atomic E-state index is 6.49. The summed E-state index contributed by atoms with van der Waals surface area (Å²) in [6, 6.07) is 0. The largest absolute Gasteiger partial charge is 0.364 e. The highest BCUT2D eigenvalue weighted by Crippen LogP contribution is 2.33. The van der Waals surface area contributed by atoms with Crippen molar-refractivity contribution in [3.8, 4) is 0 Å². The molecule has 1 aliphatic rings. The number of hydrogen-bond donors (Lipinski definition) is 0. The van der Waals surface area contributed by atoms with Gasteiger partial charge in [0.1, 0.15) is 5.44 Å². The van der Waals surface area contributed by atoms with Crippen LogP contribution >= 0.6 is 11.8 Å². The average molecular weight is 270 g/mol. The molecule has 0 aromatic heterocycles. The third kappa shape index (κ3) is 4.62. The predicted molar refractivity (Wildman–Crippen MR) is 82.9 cm³/mol. The van der Waals surface area contributed by atoms with Crippen molar-refractivity contribution in [2.24, 2.45) is 23.7 Å². The molecule has 0 radical (unpaired) electrons. The maximum atomic E-state index is 6.49. The predicted octanol–water partition coefficient (Wildman–Crippen LogP) is 4.98. The lowest BCUT2D eigenvalue weighted by Crippen LogP contribution is -2.36. The third-order valence-electron chi connectivity index (χ3n) is 3.70. The van der Waals surface area contributed by atoms with Gasteiger partial charge in [0.15, 0.2) is 0 Å². The molecular formula is C16H30OS. The average Bonchev–Trinajstić information content (AvgIpc) is 2.37. The van der Waals surface area contributed by atoms with Gasteiger partial charge in [0.05, 0.1) is 6.10 Å². The van der Waals surface area contributed by atoms with Crippen LogP contribution in [0.15, 0.2) is 12.2 Å². The second-order valence-electron chi connectivity index (χ2n) is 6.41. The zero-order chi connectivity index (χ0) is 13.7. The molecule has 0 saturated carbocycles. The van der Waals surface area contributed by atoms with E-state index in [0.717, 1.165) is 12.2 Å². The van der Waals surface area contributed by atoms with Gasteiger partial charge in [-0.3, -0.25) is 0 Å². The molecular weight excluding hydrogens is 240 g/mol. The van der Waals surface area contributed by atoms with Crippen LogP contribution in [0.25, 0.3) is 0 Å². The van der Waals surface area contributed by atoms with Gasteiger partial charge in [0, 0.05) is 5.75 Å². The van der Waals surface area contributed by atoms with Gasteiger partial charge < -0.3 is 4.74 Å². The summed E-state index contributed by atoms with van der Waals surface area (Å²) in [7, 11) is 0. The van der Waals surface area contributed by atoms with Gasteiger partial charge in [-0.15, -0.1) is 11.8 Å². The first-order chi connectivity index (χ1) is 8.43. The summed E-state index contributed by atoms with van der Waals surface area (Å²) in [6.45, 7) is 13.8. The monoisotopic (exact) mass is 270 g/mol. The van der Waals surface area contributed by atoms with Crippen LogP contribution in [0.2, 0.25) is 0 Å². The van der Waals surface area contributed by atoms with Crippen molar-refractivity contribution in [2.75, 3.05) is 5.75 Å². The fourth-order valence-electron chi connectivity index (χ4n) is 2.55. The van der Waals surface area contributed by atoms with Crippen molar-refractivity contribution in [1.29, 1.82) is 0 Å². The van der Waals surface area contributed by atoms with Gasteiger partial charge in [-0.1, -0.05) is 53.7 Å². The molecule has 3 unspecified atom stereocenters. The van der Waals surface area contributed by atoms with E-state index in [9.17, 15) is 0 Å². The minimum absolute atomic E-state index is 0.335. The Kier molecular flexibility index (Phi) is 6.79. The van der Waals surface area contributed by atoms with Gasteiger partial charge in [-0.25, -0.2) is 0 Å². The van der Waals surface area contributed by atoms with E-state index in [2.05, 4.69) is 53.7 Å². The van der Waals surface area contributed by atoms with E-state index < -0.39 is 0 Å². The topological polar surface area (TPSA) is 9.23 Å². The molecule has 1 nitrogen and oxygen atoms in total. The molecule has 0 bridgehead atoms. The summed E-state index contributed by atoms with van der Waals surface area (Å²) in [4.78, 5) is 0. The molecule has 1 heterocycles. The van der Waals surface area contributed by atoms with Crippen LogP contribution in [0.4, 0.5) is 0 Å². The Labute approximate surface area is 118 Å². The van der Waals surface area contributed by atoms with E-state index in [1.807, 2.05) is 11.8 Å². The van der Waals surface area contributed by atoms with Crippen molar-refractivity contribution >= 4 is 11.8 Å². The second kappa shape index (κ2) is 7.59. The van der Waals surface area contributed by atoms with E-state index in [-0.39, 0.29) is 0 Å². The molecule has 0 aromatic carbocycles. The molecule has 1 aliphatic heterocycles. The lowest BCUT2D eigenvalue weighted by molar-refractivity contribution is -0.0559. The first-order valence-corrected chi connectivity index (χ1v) is 8.40. The van der Waals surface area contributed by atoms with Crippen molar-refractivity contribution in [2.45, 2.75) is 59.5 Å². The van der Waals surface area contributed by atoms with Gasteiger partial charge in [0.25, 0.3) is 0 Å². The smallest absolute Gasteiger partial charge is 0.106 e. The molecule has 0 fully saturated rings. The van der Waals surface area contributed by atoms with E-state index in [4.69, 9.17) is 4.74 Å². The van der Waals surface area contributed by atoms with Crippen LogP contribution in [-0.2, 0) is 4.74 Å². The Morgan fingerprint density at radius 3 is 2.11 bits per heavy atom. The number of ether oxygens (including phenoxy) is 1. The molecule has 0 N–H and O–H groups in total. The maximum Gasteiger partial charge on any atom is 0.106 e. The van der Waals surface area contributed by atoms with E-state index in [0.29, 0.717) is 35.2 Å². The Balaban J connectivity index is 2.89. The van der Waals surface area contributed by atoms with E-state index >= 15 is 0 Å². The molecule has 0 amide bonds. The van der Waals surface area contributed by atoms with Gasteiger partial charge in [0.2, 0.25) is 0 Å². The Morgan fingerprint density at radius 1 is 0.944 bits per heavy atom. The summed E-state index contributed by atoms with van der Waals surface area (Å²) >= 11 is 1.94. The number of thioether (sulfide) groups is 1. The standard InChI is InChI=1S/C16H30OS/c1-11(2)14-9-7-8-10-18-16(13(5)6)17-15(14)12(3)4/h7-8,11-16H,9-10H2,1-6H3/b8-7-. The molecule has 0 aromatic rings. The molecule has 2 heteroatoms. The first-order valence-electron chi connectivity index (χ1n) is 7.35. The van der Waals surface area contributed by atoms with Crippen molar-refractivity contribution in [3.05, 3.63) is 12.2 Å². The lowest BCUT2D eigenvalue weighted by atomic mass is 9.82. The number of hydrogen-bond acceptors (Lipinski definition) is 2. The SMILES string of the molecule is CC(C)C1OC(C(C)C)C(C(C)C)C/C=C\CS1. The van der Waals surface area contributed by atoms with Crippen molar-refractivity contribution < 1.29 is 4.74 Å². The van der Waals surface area contributed by atoms with Gasteiger partial charge >= 0.3 is 0 Å².